The number of halogens is 1. The van der Waals surface area contributed by atoms with Crippen LogP contribution < -0.4 is 15.6 Å². The van der Waals surface area contributed by atoms with Gasteiger partial charge >= 0.3 is 0 Å². The highest BCUT2D eigenvalue weighted by Gasteiger charge is 2.14. The highest BCUT2D eigenvalue weighted by Crippen LogP contribution is 2.25. The molecule has 0 unspecified atom stereocenters. The summed E-state index contributed by atoms with van der Waals surface area (Å²) >= 11 is 0. The van der Waals surface area contributed by atoms with Crippen LogP contribution in [0.5, 0.6) is 5.75 Å². The molecule has 0 saturated heterocycles. The third-order valence-corrected chi connectivity index (χ3v) is 3.80. The number of aromatic nitrogens is 2. The van der Waals surface area contributed by atoms with Crippen molar-refractivity contribution in [3.63, 3.8) is 0 Å². The van der Waals surface area contributed by atoms with Crippen LogP contribution in [0.25, 0.3) is 10.8 Å². The quantitative estimate of drug-likeness (QED) is 0.790. The van der Waals surface area contributed by atoms with Crippen molar-refractivity contribution < 1.29 is 13.9 Å². The van der Waals surface area contributed by atoms with Gasteiger partial charge in [0.2, 0.25) is 5.91 Å². The molecule has 0 saturated carbocycles. The van der Waals surface area contributed by atoms with Crippen molar-refractivity contribution in [3.8, 4) is 5.75 Å². The minimum atomic E-state index is -0.458. The van der Waals surface area contributed by atoms with Crippen LogP contribution >= 0.6 is 0 Å². The molecule has 128 valence electrons. The first-order valence-electron chi connectivity index (χ1n) is 7.58. The number of hydrogen-bond acceptors (Lipinski definition) is 4. The van der Waals surface area contributed by atoms with E-state index in [9.17, 15) is 14.0 Å². The number of nitrogens with zero attached hydrogens (tertiary/aromatic N) is 2. The van der Waals surface area contributed by atoms with Crippen LogP contribution in [-0.2, 0) is 18.3 Å². The van der Waals surface area contributed by atoms with Gasteiger partial charge < -0.3 is 10.1 Å². The second-order valence-electron chi connectivity index (χ2n) is 5.49. The number of methoxy groups -OCH3 is 1. The van der Waals surface area contributed by atoms with E-state index >= 15 is 0 Å². The zero-order valence-electron chi connectivity index (χ0n) is 13.7. The minimum Gasteiger partial charge on any atom is -0.494 e. The summed E-state index contributed by atoms with van der Waals surface area (Å²) in [6.07, 6.45) is -0.0326. The van der Waals surface area contributed by atoms with E-state index in [1.165, 1.54) is 30.0 Å². The Morgan fingerprint density at radius 3 is 2.68 bits per heavy atom. The molecular weight excluding hydrogens is 325 g/mol. The van der Waals surface area contributed by atoms with E-state index in [4.69, 9.17) is 4.74 Å². The molecule has 0 radical (unpaired) electrons. The Balaban J connectivity index is 1.91. The number of fused-ring (bicyclic) bond motifs is 1. The van der Waals surface area contributed by atoms with Crippen molar-refractivity contribution in [3.05, 3.63) is 64.3 Å². The van der Waals surface area contributed by atoms with Gasteiger partial charge in [0.05, 0.1) is 30.3 Å². The molecule has 0 atom stereocenters. The Morgan fingerprint density at radius 2 is 1.96 bits per heavy atom. The molecule has 3 rings (SSSR count). The lowest BCUT2D eigenvalue weighted by molar-refractivity contribution is -0.115. The zero-order chi connectivity index (χ0) is 18.0. The molecule has 0 spiro atoms. The first kappa shape index (κ1) is 16.6. The van der Waals surface area contributed by atoms with Crippen molar-refractivity contribution in [1.29, 1.82) is 0 Å². The SMILES string of the molecule is COc1cc(F)ccc1NC(=O)Cc1nn(C)c(=O)c2ccccc12. The second kappa shape index (κ2) is 6.72. The Labute approximate surface area is 142 Å². The molecular formula is C18H16FN3O3. The van der Waals surface area contributed by atoms with E-state index < -0.39 is 5.82 Å². The van der Waals surface area contributed by atoms with Crippen LogP contribution in [0.15, 0.2) is 47.3 Å². The van der Waals surface area contributed by atoms with Crippen LogP contribution in [0.1, 0.15) is 5.69 Å². The van der Waals surface area contributed by atoms with Crippen LogP contribution in [0.2, 0.25) is 0 Å². The van der Waals surface area contributed by atoms with Crippen LogP contribution in [0.4, 0.5) is 10.1 Å². The van der Waals surface area contributed by atoms with E-state index in [-0.39, 0.29) is 23.6 Å². The van der Waals surface area contributed by atoms with Crippen LogP contribution in [-0.4, -0.2) is 22.8 Å². The lowest BCUT2D eigenvalue weighted by atomic mass is 10.1. The third kappa shape index (κ3) is 3.35. The largest absolute Gasteiger partial charge is 0.494 e. The molecule has 0 aliphatic carbocycles. The average molecular weight is 341 g/mol. The molecule has 0 aliphatic rings. The predicted molar refractivity (Wildman–Crippen MR) is 92.3 cm³/mol. The number of carbonyl (C=O) groups is 1. The van der Waals surface area contributed by atoms with Crippen LogP contribution in [0, 0.1) is 5.82 Å². The van der Waals surface area contributed by atoms with Gasteiger partial charge in [0.25, 0.3) is 5.56 Å². The first-order chi connectivity index (χ1) is 12.0. The fourth-order valence-electron chi connectivity index (χ4n) is 2.62. The van der Waals surface area contributed by atoms with Gasteiger partial charge in [0, 0.05) is 18.5 Å². The van der Waals surface area contributed by atoms with Crippen molar-refractivity contribution in [1.82, 2.24) is 9.78 Å². The van der Waals surface area contributed by atoms with Gasteiger partial charge in [-0.1, -0.05) is 18.2 Å². The molecule has 1 aromatic heterocycles. The van der Waals surface area contributed by atoms with E-state index in [1.807, 2.05) is 0 Å². The average Bonchev–Trinajstić information content (AvgIpc) is 2.61. The fraction of sp³-hybridized carbons (Fsp3) is 0.167. The number of hydrogen-bond donors (Lipinski definition) is 1. The summed E-state index contributed by atoms with van der Waals surface area (Å²) in [6.45, 7) is 0. The van der Waals surface area contributed by atoms with Gasteiger partial charge in [-0.05, 0) is 18.2 Å². The monoisotopic (exact) mass is 341 g/mol. The number of aryl methyl sites for hydroxylation is 1. The molecule has 2 aromatic carbocycles. The molecule has 0 aliphatic heterocycles. The predicted octanol–water partition coefficient (Wildman–Crippen LogP) is 2.26. The van der Waals surface area contributed by atoms with Gasteiger partial charge in [0.1, 0.15) is 11.6 Å². The number of ether oxygens (including phenoxy) is 1. The maximum absolute atomic E-state index is 13.2. The zero-order valence-corrected chi connectivity index (χ0v) is 13.7. The molecule has 1 heterocycles. The van der Waals surface area contributed by atoms with Gasteiger partial charge in [-0.15, -0.1) is 0 Å². The summed E-state index contributed by atoms with van der Waals surface area (Å²) in [7, 11) is 2.94. The number of amides is 1. The Morgan fingerprint density at radius 1 is 1.24 bits per heavy atom. The van der Waals surface area contributed by atoms with Crippen molar-refractivity contribution >= 4 is 22.4 Å². The maximum atomic E-state index is 13.2. The fourth-order valence-corrected chi connectivity index (χ4v) is 2.62. The summed E-state index contributed by atoms with van der Waals surface area (Å²) in [6, 6.07) is 10.9. The van der Waals surface area contributed by atoms with Crippen molar-refractivity contribution in [2.24, 2.45) is 7.05 Å². The molecule has 25 heavy (non-hydrogen) atoms. The summed E-state index contributed by atoms with van der Waals surface area (Å²) < 4.78 is 19.5. The number of rotatable bonds is 4. The summed E-state index contributed by atoms with van der Waals surface area (Å²) in [4.78, 5) is 24.5. The van der Waals surface area contributed by atoms with Crippen molar-refractivity contribution in [2.75, 3.05) is 12.4 Å². The van der Waals surface area contributed by atoms with Crippen molar-refractivity contribution in [2.45, 2.75) is 6.42 Å². The Kier molecular flexibility index (Phi) is 4.47. The molecule has 6 nitrogen and oxygen atoms in total. The normalized spacial score (nSPS) is 10.7. The van der Waals surface area contributed by atoms with E-state index in [0.717, 1.165) is 0 Å². The number of benzene rings is 2. The number of nitrogens with one attached hydrogen (secondary N) is 1. The molecule has 3 aromatic rings. The Bertz CT molecular complexity index is 1010. The molecule has 7 heteroatoms. The lowest BCUT2D eigenvalue weighted by Gasteiger charge is -2.11. The Hall–Kier alpha value is -3.22. The van der Waals surface area contributed by atoms with Gasteiger partial charge in [0.15, 0.2) is 0 Å². The highest BCUT2D eigenvalue weighted by atomic mass is 19.1. The highest BCUT2D eigenvalue weighted by molar-refractivity contribution is 5.96. The smallest absolute Gasteiger partial charge is 0.274 e. The van der Waals surface area contributed by atoms with E-state index in [1.54, 1.807) is 31.3 Å². The minimum absolute atomic E-state index is 0.0326. The van der Waals surface area contributed by atoms with E-state index in [2.05, 4.69) is 10.4 Å². The number of carbonyl (C=O) groups excluding carboxylic acids is 1. The molecule has 1 amide bonds. The van der Waals surface area contributed by atoms with E-state index in [0.29, 0.717) is 22.2 Å². The summed E-state index contributed by atoms with van der Waals surface area (Å²) in [5.41, 5.74) is 0.624. The summed E-state index contributed by atoms with van der Waals surface area (Å²) in [5.74, 6) is -0.576. The van der Waals surface area contributed by atoms with Gasteiger partial charge in [-0.3, -0.25) is 9.59 Å². The number of anilines is 1. The molecule has 1 N–H and O–H groups in total. The lowest BCUT2D eigenvalue weighted by Crippen LogP contribution is -2.24. The molecule has 0 bridgehead atoms. The summed E-state index contributed by atoms with van der Waals surface area (Å²) in [5, 5.41) is 8.00. The topological polar surface area (TPSA) is 73.2 Å². The third-order valence-electron chi connectivity index (χ3n) is 3.80. The molecule has 0 fully saturated rings. The standard InChI is InChI=1S/C18H16FN3O3/c1-22-18(24)13-6-4-3-5-12(13)15(21-22)10-17(23)20-14-8-7-11(19)9-16(14)25-2/h3-9H,10H2,1-2H3,(H,20,23). The van der Waals surface area contributed by atoms with Crippen LogP contribution in [0.3, 0.4) is 0 Å². The maximum Gasteiger partial charge on any atom is 0.274 e. The second-order valence-corrected chi connectivity index (χ2v) is 5.49. The van der Waals surface area contributed by atoms with Gasteiger partial charge in [-0.2, -0.15) is 5.10 Å². The first-order valence-corrected chi connectivity index (χ1v) is 7.58. The van der Waals surface area contributed by atoms with Gasteiger partial charge in [-0.25, -0.2) is 9.07 Å².